The Kier molecular flexibility index (Phi) is 6.94. The van der Waals surface area contributed by atoms with Gasteiger partial charge in [0.15, 0.2) is 17.8 Å². The molecule has 1 saturated heterocycles. The normalized spacial score (nSPS) is 14.4. The maximum Gasteiger partial charge on any atom is 0.410 e. The van der Waals surface area contributed by atoms with Crippen molar-refractivity contribution in [3.8, 4) is 5.75 Å². The van der Waals surface area contributed by atoms with Crippen LogP contribution in [0.1, 0.15) is 33.6 Å². The first kappa shape index (κ1) is 21.6. The van der Waals surface area contributed by atoms with Gasteiger partial charge in [-0.3, -0.25) is 4.79 Å². The molecule has 7 nitrogen and oxygen atoms in total. The minimum Gasteiger partial charge on any atom is -0.452 e. The van der Waals surface area contributed by atoms with Gasteiger partial charge in [0, 0.05) is 34.2 Å². The standard InChI is InChI=1S/C21H31N3O4/c1-21(2,3)28-20(26)24-12-10-15(11-13-24)18(14-25)27-17-9-7-8-16(23(5)6)19(17)22-4/h7-9,14,22H,10-13H2,1-6H3. The lowest BCUT2D eigenvalue weighted by molar-refractivity contribution is -0.106. The van der Waals surface area contributed by atoms with Crippen molar-refractivity contribution in [2.24, 2.45) is 0 Å². The average Bonchev–Trinajstić information content (AvgIpc) is 2.64. The van der Waals surface area contributed by atoms with Crippen molar-refractivity contribution in [1.82, 2.24) is 4.90 Å². The van der Waals surface area contributed by atoms with E-state index >= 15 is 0 Å². The van der Waals surface area contributed by atoms with Crippen LogP contribution in [0.25, 0.3) is 0 Å². The fourth-order valence-corrected chi connectivity index (χ4v) is 3.06. The summed E-state index contributed by atoms with van der Waals surface area (Å²) in [5.74, 6) is 0.911. The number of piperidine rings is 1. The predicted octanol–water partition coefficient (Wildman–Crippen LogP) is 3.66. The van der Waals surface area contributed by atoms with Crippen molar-refractivity contribution in [3.05, 3.63) is 29.5 Å². The molecule has 2 rings (SSSR count). The van der Waals surface area contributed by atoms with Crippen LogP contribution >= 0.6 is 0 Å². The molecule has 0 aromatic heterocycles. The van der Waals surface area contributed by atoms with Crippen LogP contribution < -0.4 is 15.0 Å². The zero-order valence-corrected chi connectivity index (χ0v) is 17.7. The van der Waals surface area contributed by atoms with Crippen LogP contribution in [-0.2, 0) is 9.53 Å². The highest BCUT2D eigenvalue weighted by Gasteiger charge is 2.26. The SMILES string of the molecule is CNc1c(OC(C=O)=C2CCN(C(=O)OC(C)(C)C)CC2)cccc1N(C)C. The van der Waals surface area contributed by atoms with Gasteiger partial charge in [-0.05, 0) is 51.3 Å². The smallest absolute Gasteiger partial charge is 0.410 e. The number of benzene rings is 1. The molecule has 28 heavy (non-hydrogen) atoms. The van der Waals surface area contributed by atoms with E-state index in [0.717, 1.165) is 23.2 Å². The molecule has 1 aliphatic heterocycles. The van der Waals surface area contributed by atoms with Crippen LogP contribution in [0.4, 0.5) is 16.2 Å². The summed E-state index contributed by atoms with van der Waals surface area (Å²) in [5.41, 5.74) is 2.17. The number of ether oxygens (including phenoxy) is 2. The molecular formula is C21H31N3O4. The van der Waals surface area contributed by atoms with E-state index in [1.807, 2.05) is 65.0 Å². The third kappa shape index (κ3) is 5.41. The molecule has 0 bridgehead atoms. The van der Waals surface area contributed by atoms with Crippen molar-refractivity contribution in [2.75, 3.05) is 44.4 Å². The Morgan fingerprint density at radius 2 is 1.86 bits per heavy atom. The van der Waals surface area contributed by atoms with Crippen LogP contribution in [0.15, 0.2) is 29.5 Å². The van der Waals surface area contributed by atoms with Gasteiger partial charge in [0.1, 0.15) is 11.3 Å². The molecule has 1 N–H and O–H groups in total. The summed E-state index contributed by atoms with van der Waals surface area (Å²) < 4.78 is 11.4. The molecule has 0 saturated carbocycles. The van der Waals surface area contributed by atoms with Gasteiger partial charge >= 0.3 is 6.09 Å². The molecule has 0 radical (unpaired) electrons. The van der Waals surface area contributed by atoms with Gasteiger partial charge in [-0.2, -0.15) is 0 Å². The number of allylic oxidation sites excluding steroid dienone is 1. The zero-order valence-electron chi connectivity index (χ0n) is 17.7. The highest BCUT2D eigenvalue weighted by atomic mass is 16.6. The fourth-order valence-electron chi connectivity index (χ4n) is 3.06. The van der Waals surface area contributed by atoms with E-state index < -0.39 is 5.60 Å². The van der Waals surface area contributed by atoms with Gasteiger partial charge in [-0.1, -0.05) is 6.07 Å². The molecule has 0 atom stereocenters. The first-order valence-corrected chi connectivity index (χ1v) is 9.47. The Bertz CT molecular complexity index is 741. The lowest BCUT2D eigenvalue weighted by atomic mass is 10.0. The molecule has 0 spiro atoms. The van der Waals surface area contributed by atoms with Crippen LogP contribution in [0.5, 0.6) is 5.75 Å². The van der Waals surface area contributed by atoms with Crippen LogP contribution in [0.2, 0.25) is 0 Å². The van der Waals surface area contributed by atoms with Gasteiger partial charge in [-0.15, -0.1) is 0 Å². The summed E-state index contributed by atoms with van der Waals surface area (Å²) in [4.78, 5) is 27.6. The van der Waals surface area contributed by atoms with Gasteiger partial charge in [0.25, 0.3) is 0 Å². The number of amides is 1. The monoisotopic (exact) mass is 389 g/mol. The lowest BCUT2D eigenvalue weighted by Crippen LogP contribution is -2.40. The molecular weight excluding hydrogens is 358 g/mol. The summed E-state index contributed by atoms with van der Waals surface area (Å²) >= 11 is 0. The Labute approximate surface area is 167 Å². The molecule has 1 fully saturated rings. The van der Waals surface area contributed by atoms with Gasteiger partial charge in [-0.25, -0.2) is 4.79 Å². The number of nitrogens with zero attached hydrogens (tertiary/aromatic N) is 2. The van der Waals surface area contributed by atoms with Crippen LogP contribution in [-0.4, -0.2) is 57.1 Å². The molecule has 0 unspecified atom stereocenters. The van der Waals surface area contributed by atoms with E-state index in [-0.39, 0.29) is 6.09 Å². The summed E-state index contributed by atoms with van der Waals surface area (Å²) in [5, 5.41) is 3.15. The molecule has 1 aromatic rings. The van der Waals surface area contributed by atoms with E-state index in [0.29, 0.717) is 37.4 Å². The largest absolute Gasteiger partial charge is 0.452 e. The molecule has 0 aliphatic carbocycles. The molecule has 7 heteroatoms. The van der Waals surface area contributed by atoms with Crippen molar-refractivity contribution < 1.29 is 19.1 Å². The lowest BCUT2D eigenvalue weighted by Gasteiger charge is -2.31. The number of rotatable bonds is 5. The summed E-state index contributed by atoms with van der Waals surface area (Å²) in [6, 6.07) is 5.70. The minimum absolute atomic E-state index is 0.316. The number of hydrogen-bond donors (Lipinski definition) is 1. The van der Waals surface area contributed by atoms with Crippen molar-refractivity contribution in [2.45, 2.75) is 39.2 Å². The Balaban J connectivity index is 2.15. The Morgan fingerprint density at radius 3 is 2.36 bits per heavy atom. The maximum absolute atomic E-state index is 12.2. The third-order valence-corrected chi connectivity index (χ3v) is 4.43. The highest BCUT2D eigenvalue weighted by molar-refractivity contribution is 5.79. The van der Waals surface area contributed by atoms with E-state index in [4.69, 9.17) is 9.47 Å². The fraction of sp³-hybridized carbons (Fsp3) is 0.524. The van der Waals surface area contributed by atoms with E-state index in [1.165, 1.54) is 0 Å². The van der Waals surface area contributed by atoms with Gasteiger partial charge in [0.05, 0.1) is 5.69 Å². The second-order valence-corrected chi connectivity index (χ2v) is 7.95. The summed E-state index contributed by atoms with van der Waals surface area (Å²) in [6.07, 6.45) is 1.59. The van der Waals surface area contributed by atoms with Crippen LogP contribution in [0.3, 0.4) is 0 Å². The molecule has 1 aromatic carbocycles. The number of likely N-dealkylation sites (tertiary alicyclic amines) is 1. The van der Waals surface area contributed by atoms with E-state index in [9.17, 15) is 9.59 Å². The third-order valence-electron chi connectivity index (χ3n) is 4.43. The minimum atomic E-state index is -0.523. The number of hydrogen-bond acceptors (Lipinski definition) is 6. The Morgan fingerprint density at radius 1 is 1.21 bits per heavy atom. The first-order chi connectivity index (χ1) is 13.2. The van der Waals surface area contributed by atoms with Gasteiger partial charge < -0.3 is 24.6 Å². The average molecular weight is 389 g/mol. The number of aldehydes is 1. The first-order valence-electron chi connectivity index (χ1n) is 9.47. The van der Waals surface area contributed by atoms with E-state index in [2.05, 4.69) is 5.32 Å². The molecule has 1 heterocycles. The number of carbonyl (C=O) groups excluding carboxylic acids is 2. The van der Waals surface area contributed by atoms with E-state index in [1.54, 1.807) is 4.90 Å². The highest BCUT2D eigenvalue weighted by Crippen LogP contribution is 2.35. The molecule has 154 valence electrons. The van der Waals surface area contributed by atoms with Crippen molar-refractivity contribution in [1.29, 1.82) is 0 Å². The number of anilines is 2. The van der Waals surface area contributed by atoms with Crippen LogP contribution in [0, 0.1) is 0 Å². The molecule has 1 aliphatic rings. The van der Waals surface area contributed by atoms with Crippen molar-refractivity contribution in [3.63, 3.8) is 0 Å². The number of carbonyl (C=O) groups is 2. The quantitative estimate of drug-likeness (QED) is 0.471. The Hall–Kier alpha value is -2.70. The topological polar surface area (TPSA) is 71.1 Å². The second kappa shape index (κ2) is 8.99. The number of para-hydroxylation sites is 1. The van der Waals surface area contributed by atoms with Gasteiger partial charge in [0.2, 0.25) is 0 Å². The second-order valence-electron chi connectivity index (χ2n) is 7.95. The maximum atomic E-state index is 12.2. The number of nitrogens with one attached hydrogen (secondary N) is 1. The van der Waals surface area contributed by atoms with Crippen molar-refractivity contribution >= 4 is 23.8 Å². The predicted molar refractivity (Wildman–Crippen MR) is 111 cm³/mol. The summed E-state index contributed by atoms with van der Waals surface area (Å²) in [7, 11) is 5.72. The molecule has 1 amide bonds. The zero-order chi connectivity index (χ0) is 20.9. The summed E-state index contributed by atoms with van der Waals surface area (Å²) in [6.45, 7) is 6.54.